The fourth-order valence-corrected chi connectivity index (χ4v) is 3.66. The van der Waals surface area contributed by atoms with Gasteiger partial charge < -0.3 is 15.7 Å². The van der Waals surface area contributed by atoms with E-state index in [0.717, 1.165) is 31.4 Å². The van der Waals surface area contributed by atoms with Gasteiger partial charge in [-0.3, -0.25) is 4.79 Å². The second-order valence-corrected chi connectivity index (χ2v) is 7.46. The number of anilines is 1. The number of rotatable bonds is 8. The van der Waals surface area contributed by atoms with Crippen LogP contribution in [0, 0.1) is 5.92 Å². The van der Waals surface area contributed by atoms with Crippen LogP contribution in [0.25, 0.3) is 0 Å². The number of hydrogen-bond acceptors (Lipinski definition) is 5. The second-order valence-electron chi connectivity index (χ2n) is 6.38. The van der Waals surface area contributed by atoms with Gasteiger partial charge in [0.15, 0.2) is 5.13 Å². The number of aryl methyl sites for hydroxylation is 2. The summed E-state index contributed by atoms with van der Waals surface area (Å²) >= 11 is 1.60. The van der Waals surface area contributed by atoms with Crippen molar-refractivity contribution in [2.24, 2.45) is 5.92 Å². The molecule has 0 saturated heterocycles. The monoisotopic (exact) mass is 325 g/mol. The molecule has 1 atom stereocenters. The summed E-state index contributed by atoms with van der Waals surface area (Å²) in [5.74, 6) is 0.514. The third-order valence-corrected chi connectivity index (χ3v) is 5.03. The first kappa shape index (κ1) is 17.4. The molecule has 124 valence electrons. The Morgan fingerprint density at radius 1 is 1.32 bits per heavy atom. The van der Waals surface area contributed by atoms with Gasteiger partial charge in [0.1, 0.15) is 0 Å². The minimum Gasteiger partial charge on any atom is -0.395 e. The Labute approximate surface area is 136 Å². The summed E-state index contributed by atoms with van der Waals surface area (Å²) in [6, 6.07) is -0.0161. The Morgan fingerprint density at radius 2 is 2.09 bits per heavy atom. The first-order valence-corrected chi connectivity index (χ1v) is 9.02. The SMILES string of the molecule is CC(C)CC[C@@H](CO)NCC(=O)Nc1nc2c(s1)CCCC2. The molecule has 6 heteroatoms. The van der Waals surface area contributed by atoms with Gasteiger partial charge in [0, 0.05) is 10.9 Å². The van der Waals surface area contributed by atoms with Gasteiger partial charge in [-0.05, 0) is 44.4 Å². The van der Waals surface area contributed by atoms with Crippen molar-refractivity contribution in [3.05, 3.63) is 10.6 Å². The zero-order valence-corrected chi connectivity index (χ0v) is 14.3. The van der Waals surface area contributed by atoms with Crippen LogP contribution in [0.3, 0.4) is 0 Å². The number of thiazole rings is 1. The molecule has 0 fully saturated rings. The molecule has 22 heavy (non-hydrogen) atoms. The summed E-state index contributed by atoms with van der Waals surface area (Å²) in [7, 11) is 0. The molecule has 5 nitrogen and oxygen atoms in total. The molecule has 0 aromatic carbocycles. The average Bonchev–Trinajstić information content (AvgIpc) is 2.89. The van der Waals surface area contributed by atoms with Crippen molar-refractivity contribution in [1.82, 2.24) is 10.3 Å². The first-order valence-electron chi connectivity index (χ1n) is 8.21. The number of aromatic nitrogens is 1. The van der Waals surface area contributed by atoms with Crippen LogP contribution in [0.15, 0.2) is 0 Å². The fraction of sp³-hybridized carbons (Fsp3) is 0.750. The second kappa shape index (κ2) is 8.60. The predicted molar refractivity (Wildman–Crippen MR) is 90.3 cm³/mol. The Morgan fingerprint density at radius 3 is 2.77 bits per heavy atom. The molecule has 0 spiro atoms. The lowest BCUT2D eigenvalue weighted by Crippen LogP contribution is -2.38. The number of carbonyl (C=O) groups excluding carboxylic acids is 1. The summed E-state index contributed by atoms with van der Waals surface area (Å²) in [6.45, 7) is 4.59. The van der Waals surface area contributed by atoms with Gasteiger partial charge in [0.05, 0.1) is 18.8 Å². The van der Waals surface area contributed by atoms with Crippen molar-refractivity contribution in [3.8, 4) is 0 Å². The van der Waals surface area contributed by atoms with Gasteiger partial charge >= 0.3 is 0 Å². The van der Waals surface area contributed by atoms with Gasteiger partial charge in [-0.15, -0.1) is 11.3 Å². The predicted octanol–water partition coefficient (Wildman–Crippen LogP) is 2.35. The minimum atomic E-state index is -0.0888. The number of carbonyl (C=O) groups is 1. The molecular weight excluding hydrogens is 298 g/mol. The molecule has 1 aliphatic carbocycles. The maximum atomic E-state index is 12.0. The zero-order valence-electron chi connectivity index (χ0n) is 13.5. The summed E-state index contributed by atoms with van der Waals surface area (Å²) in [6.07, 6.45) is 6.45. The summed E-state index contributed by atoms with van der Waals surface area (Å²) in [4.78, 5) is 17.8. The van der Waals surface area contributed by atoms with Crippen molar-refractivity contribution in [2.75, 3.05) is 18.5 Å². The van der Waals surface area contributed by atoms with Crippen LogP contribution in [0.5, 0.6) is 0 Å². The molecule has 1 aliphatic rings. The summed E-state index contributed by atoms with van der Waals surface area (Å²) < 4.78 is 0. The Hall–Kier alpha value is -0.980. The molecule has 0 bridgehead atoms. The molecule has 0 unspecified atom stereocenters. The molecule has 1 aromatic rings. The number of aliphatic hydroxyl groups is 1. The van der Waals surface area contributed by atoms with E-state index in [4.69, 9.17) is 0 Å². The van der Waals surface area contributed by atoms with Gasteiger partial charge in [-0.2, -0.15) is 0 Å². The summed E-state index contributed by atoms with van der Waals surface area (Å²) in [5, 5.41) is 16.0. The fourth-order valence-electron chi connectivity index (χ4n) is 2.60. The standard InChI is InChI=1S/C16H27N3O2S/c1-11(2)7-8-12(10-20)17-9-15(21)19-16-18-13-5-3-4-6-14(13)22-16/h11-12,17,20H,3-10H2,1-2H3,(H,18,19,21)/t12-/m0/s1. The van der Waals surface area contributed by atoms with Crippen LogP contribution in [0.2, 0.25) is 0 Å². The van der Waals surface area contributed by atoms with E-state index in [2.05, 4.69) is 29.5 Å². The third kappa shape index (κ3) is 5.34. The van der Waals surface area contributed by atoms with Crippen LogP contribution in [0.1, 0.15) is 50.1 Å². The third-order valence-electron chi connectivity index (χ3n) is 3.96. The van der Waals surface area contributed by atoms with E-state index < -0.39 is 0 Å². The first-order chi connectivity index (χ1) is 10.6. The van der Waals surface area contributed by atoms with Crippen molar-refractivity contribution in [2.45, 2.75) is 58.4 Å². The Balaban J connectivity index is 1.76. The largest absolute Gasteiger partial charge is 0.395 e. The van der Waals surface area contributed by atoms with Gasteiger partial charge in [-0.1, -0.05) is 13.8 Å². The van der Waals surface area contributed by atoms with E-state index in [-0.39, 0.29) is 25.1 Å². The molecule has 1 heterocycles. The highest BCUT2D eigenvalue weighted by atomic mass is 32.1. The molecule has 0 radical (unpaired) electrons. The maximum Gasteiger partial charge on any atom is 0.240 e. The van der Waals surface area contributed by atoms with E-state index in [1.165, 1.54) is 17.7 Å². The minimum absolute atomic E-state index is 0.0161. The maximum absolute atomic E-state index is 12.0. The van der Waals surface area contributed by atoms with Gasteiger partial charge in [-0.25, -0.2) is 4.98 Å². The molecule has 1 aromatic heterocycles. The van der Waals surface area contributed by atoms with E-state index in [1.54, 1.807) is 11.3 Å². The number of nitrogens with one attached hydrogen (secondary N) is 2. The highest BCUT2D eigenvalue weighted by Gasteiger charge is 2.16. The number of aliphatic hydroxyl groups excluding tert-OH is 1. The lowest BCUT2D eigenvalue weighted by Gasteiger charge is -2.16. The lowest BCUT2D eigenvalue weighted by atomic mass is 10.0. The van der Waals surface area contributed by atoms with Crippen molar-refractivity contribution < 1.29 is 9.90 Å². The van der Waals surface area contributed by atoms with Gasteiger partial charge in [0.2, 0.25) is 5.91 Å². The number of fused-ring (bicyclic) bond motifs is 1. The van der Waals surface area contributed by atoms with Crippen molar-refractivity contribution >= 4 is 22.4 Å². The number of nitrogens with zero attached hydrogens (tertiary/aromatic N) is 1. The zero-order chi connectivity index (χ0) is 15.9. The van der Waals surface area contributed by atoms with Crippen molar-refractivity contribution in [1.29, 1.82) is 0 Å². The Kier molecular flexibility index (Phi) is 6.79. The van der Waals surface area contributed by atoms with Crippen LogP contribution in [0.4, 0.5) is 5.13 Å². The van der Waals surface area contributed by atoms with Crippen LogP contribution < -0.4 is 10.6 Å². The normalized spacial score (nSPS) is 15.6. The van der Waals surface area contributed by atoms with E-state index >= 15 is 0 Å². The summed E-state index contributed by atoms with van der Waals surface area (Å²) in [5.41, 5.74) is 1.16. The molecular formula is C16H27N3O2S. The smallest absolute Gasteiger partial charge is 0.240 e. The molecule has 0 saturated carbocycles. The van der Waals surface area contributed by atoms with E-state index in [0.29, 0.717) is 11.0 Å². The van der Waals surface area contributed by atoms with Crippen LogP contribution in [-0.4, -0.2) is 35.2 Å². The number of hydrogen-bond donors (Lipinski definition) is 3. The topological polar surface area (TPSA) is 74.2 Å². The lowest BCUT2D eigenvalue weighted by molar-refractivity contribution is -0.115. The van der Waals surface area contributed by atoms with Crippen LogP contribution >= 0.6 is 11.3 Å². The highest BCUT2D eigenvalue weighted by Crippen LogP contribution is 2.29. The van der Waals surface area contributed by atoms with E-state index in [9.17, 15) is 9.90 Å². The Bertz CT molecular complexity index is 464. The molecule has 3 N–H and O–H groups in total. The average molecular weight is 325 g/mol. The van der Waals surface area contributed by atoms with Crippen molar-refractivity contribution in [3.63, 3.8) is 0 Å². The molecule has 1 amide bonds. The van der Waals surface area contributed by atoms with Crippen LogP contribution in [-0.2, 0) is 17.6 Å². The quantitative estimate of drug-likeness (QED) is 0.686. The van der Waals surface area contributed by atoms with Gasteiger partial charge in [0.25, 0.3) is 0 Å². The molecule has 2 rings (SSSR count). The molecule has 0 aliphatic heterocycles. The number of amides is 1. The van der Waals surface area contributed by atoms with E-state index in [1.807, 2.05) is 0 Å². The highest BCUT2D eigenvalue weighted by molar-refractivity contribution is 7.15.